The van der Waals surface area contributed by atoms with Crippen LogP contribution in [0.4, 0.5) is 29.2 Å². The van der Waals surface area contributed by atoms with Gasteiger partial charge in [0, 0.05) is 16.5 Å². The Bertz CT molecular complexity index is 1230. The lowest BCUT2D eigenvalue weighted by atomic mass is 10.0. The Morgan fingerprint density at radius 1 is 0.862 bits per heavy atom. The third-order valence-corrected chi connectivity index (χ3v) is 4.96. The first-order valence-electron chi connectivity index (χ1n) is 8.31. The van der Waals surface area contributed by atoms with Crippen LogP contribution in [0.2, 0.25) is 0 Å². The minimum Gasteiger partial charge on any atom is -0.368 e. The van der Waals surface area contributed by atoms with Gasteiger partial charge in [-0.05, 0) is 60.0 Å². The highest BCUT2D eigenvalue weighted by atomic mass is 32.2. The Labute approximate surface area is 166 Å². The monoisotopic (exact) mass is 416 g/mol. The van der Waals surface area contributed by atoms with E-state index in [0.29, 0.717) is 21.4 Å². The van der Waals surface area contributed by atoms with Crippen LogP contribution in [0.1, 0.15) is 0 Å². The number of nitrogens with one attached hydrogen (secondary N) is 1. The maximum absolute atomic E-state index is 15.0. The van der Waals surface area contributed by atoms with E-state index in [1.807, 2.05) is 0 Å². The second-order valence-electron chi connectivity index (χ2n) is 6.07. The van der Waals surface area contributed by atoms with Gasteiger partial charge in [0.1, 0.15) is 5.82 Å². The average molecular weight is 416 g/mol. The molecule has 0 aliphatic heterocycles. The number of anilines is 2. The standard InChI is InChI=1S/C20H12F4N4S/c21-13-3-2-12(8-15(13)23)29-28-17-6-4-14(22)18(19(17)24)10-1-5-16-11(7-10)9-26-20(25)27-16/h1-9,28H,(H2,25,26,27). The van der Waals surface area contributed by atoms with Gasteiger partial charge in [0.05, 0.1) is 16.8 Å². The third kappa shape index (κ3) is 3.81. The minimum atomic E-state index is -1.02. The lowest BCUT2D eigenvalue weighted by molar-refractivity contribution is 0.506. The molecule has 9 heteroatoms. The van der Waals surface area contributed by atoms with Gasteiger partial charge in [-0.2, -0.15) is 0 Å². The highest BCUT2D eigenvalue weighted by molar-refractivity contribution is 8.00. The Balaban J connectivity index is 1.68. The van der Waals surface area contributed by atoms with Crippen LogP contribution in [0.25, 0.3) is 22.0 Å². The number of halogens is 4. The predicted octanol–water partition coefficient (Wildman–Crippen LogP) is 5.55. The van der Waals surface area contributed by atoms with Crippen molar-refractivity contribution in [2.24, 2.45) is 0 Å². The lowest BCUT2D eigenvalue weighted by Gasteiger charge is -2.12. The molecule has 146 valence electrons. The molecule has 29 heavy (non-hydrogen) atoms. The fourth-order valence-electron chi connectivity index (χ4n) is 2.75. The minimum absolute atomic E-state index is 0.00946. The van der Waals surface area contributed by atoms with Crippen molar-refractivity contribution in [1.82, 2.24) is 9.97 Å². The molecular formula is C20H12F4N4S. The highest BCUT2D eigenvalue weighted by Crippen LogP contribution is 2.34. The maximum Gasteiger partial charge on any atom is 0.220 e. The van der Waals surface area contributed by atoms with E-state index < -0.39 is 23.3 Å². The lowest BCUT2D eigenvalue weighted by Crippen LogP contribution is -1.98. The molecule has 0 aliphatic rings. The Hall–Kier alpha value is -3.33. The summed E-state index contributed by atoms with van der Waals surface area (Å²) in [4.78, 5) is 8.27. The van der Waals surface area contributed by atoms with Gasteiger partial charge in [0.2, 0.25) is 5.95 Å². The molecule has 1 heterocycles. The number of rotatable bonds is 4. The number of hydrogen-bond donors (Lipinski definition) is 2. The molecule has 0 radical (unpaired) electrons. The topological polar surface area (TPSA) is 63.8 Å². The van der Waals surface area contributed by atoms with E-state index in [0.717, 1.165) is 30.1 Å². The zero-order valence-corrected chi connectivity index (χ0v) is 15.4. The van der Waals surface area contributed by atoms with Gasteiger partial charge in [0.25, 0.3) is 0 Å². The first-order valence-corrected chi connectivity index (χ1v) is 9.12. The Kier molecular flexibility index (Phi) is 4.98. The van der Waals surface area contributed by atoms with Gasteiger partial charge < -0.3 is 10.5 Å². The molecule has 3 aromatic carbocycles. The van der Waals surface area contributed by atoms with Crippen LogP contribution in [-0.4, -0.2) is 9.97 Å². The maximum atomic E-state index is 15.0. The molecule has 0 saturated carbocycles. The Morgan fingerprint density at radius 3 is 2.45 bits per heavy atom. The van der Waals surface area contributed by atoms with Crippen molar-refractivity contribution in [1.29, 1.82) is 0 Å². The van der Waals surface area contributed by atoms with Crippen molar-refractivity contribution in [2.45, 2.75) is 4.90 Å². The zero-order valence-electron chi connectivity index (χ0n) is 14.6. The van der Waals surface area contributed by atoms with Gasteiger partial charge >= 0.3 is 0 Å². The van der Waals surface area contributed by atoms with Gasteiger partial charge in [0.15, 0.2) is 17.5 Å². The average Bonchev–Trinajstić information content (AvgIpc) is 2.70. The normalized spacial score (nSPS) is 11.0. The molecule has 1 aromatic heterocycles. The van der Waals surface area contributed by atoms with Crippen LogP contribution in [0.15, 0.2) is 59.6 Å². The van der Waals surface area contributed by atoms with Crippen molar-refractivity contribution in [3.63, 3.8) is 0 Å². The van der Waals surface area contributed by atoms with E-state index in [4.69, 9.17) is 5.73 Å². The fraction of sp³-hybridized carbons (Fsp3) is 0. The number of nitrogens with two attached hydrogens (primary N) is 1. The molecule has 4 nitrogen and oxygen atoms in total. The molecule has 4 aromatic rings. The van der Waals surface area contributed by atoms with E-state index in [-0.39, 0.29) is 17.2 Å². The largest absolute Gasteiger partial charge is 0.368 e. The number of nitrogens with zero attached hydrogens (tertiary/aromatic N) is 2. The van der Waals surface area contributed by atoms with Crippen LogP contribution in [0, 0.1) is 23.3 Å². The van der Waals surface area contributed by atoms with Crippen molar-refractivity contribution in [3.8, 4) is 11.1 Å². The predicted molar refractivity (Wildman–Crippen MR) is 105 cm³/mol. The van der Waals surface area contributed by atoms with E-state index >= 15 is 4.39 Å². The smallest absolute Gasteiger partial charge is 0.220 e. The molecule has 0 bridgehead atoms. The molecule has 0 unspecified atom stereocenters. The summed E-state index contributed by atoms with van der Waals surface area (Å²) in [6.45, 7) is 0. The van der Waals surface area contributed by atoms with Gasteiger partial charge in [-0.15, -0.1) is 0 Å². The van der Waals surface area contributed by atoms with Crippen LogP contribution >= 0.6 is 11.9 Å². The summed E-state index contributed by atoms with van der Waals surface area (Å²) in [5, 5.41) is 0.574. The van der Waals surface area contributed by atoms with E-state index in [9.17, 15) is 13.2 Å². The fourth-order valence-corrected chi connectivity index (χ4v) is 3.44. The van der Waals surface area contributed by atoms with Gasteiger partial charge in [-0.25, -0.2) is 27.5 Å². The van der Waals surface area contributed by atoms with E-state index in [1.54, 1.807) is 12.1 Å². The summed E-state index contributed by atoms with van der Waals surface area (Å²) < 4.78 is 58.5. The summed E-state index contributed by atoms with van der Waals surface area (Å²) in [5.74, 6) is -3.47. The number of hydrogen-bond acceptors (Lipinski definition) is 5. The number of benzene rings is 3. The van der Waals surface area contributed by atoms with Gasteiger partial charge in [-0.3, -0.25) is 0 Å². The summed E-state index contributed by atoms with van der Waals surface area (Å²) in [6, 6.07) is 10.3. The number of nitrogen functional groups attached to an aromatic ring is 1. The quantitative estimate of drug-likeness (QED) is 0.337. The summed E-state index contributed by atoms with van der Waals surface area (Å²) >= 11 is 0.871. The van der Waals surface area contributed by atoms with E-state index in [1.165, 1.54) is 24.4 Å². The number of aromatic nitrogens is 2. The molecule has 0 aliphatic carbocycles. The van der Waals surface area contributed by atoms with Crippen LogP contribution in [0.5, 0.6) is 0 Å². The van der Waals surface area contributed by atoms with Crippen LogP contribution in [-0.2, 0) is 0 Å². The summed E-state index contributed by atoms with van der Waals surface area (Å²) in [6.07, 6.45) is 1.47. The van der Waals surface area contributed by atoms with Crippen molar-refractivity contribution >= 4 is 34.5 Å². The second-order valence-corrected chi connectivity index (χ2v) is 6.95. The third-order valence-electron chi connectivity index (χ3n) is 4.15. The number of fused-ring (bicyclic) bond motifs is 1. The summed E-state index contributed by atoms with van der Waals surface area (Å²) in [5.41, 5.74) is 6.14. The zero-order chi connectivity index (χ0) is 20.5. The molecule has 3 N–H and O–H groups in total. The second kappa shape index (κ2) is 7.59. The molecular weight excluding hydrogens is 404 g/mol. The summed E-state index contributed by atoms with van der Waals surface area (Å²) in [7, 11) is 0. The van der Waals surface area contributed by atoms with Crippen LogP contribution in [0.3, 0.4) is 0 Å². The first-order chi connectivity index (χ1) is 13.9. The molecule has 0 atom stereocenters. The van der Waals surface area contributed by atoms with Gasteiger partial charge in [-0.1, -0.05) is 6.07 Å². The first kappa shape index (κ1) is 19.0. The molecule has 0 saturated heterocycles. The molecule has 0 fully saturated rings. The van der Waals surface area contributed by atoms with Crippen LogP contribution < -0.4 is 10.5 Å². The highest BCUT2D eigenvalue weighted by Gasteiger charge is 2.17. The molecule has 0 spiro atoms. The SMILES string of the molecule is Nc1ncc2cc(-c3c(F)ccc(NSc4ccc(F)c(F)c4)c3F)ccc2n1. The Morgan fingerprint density at radius 2 is 1.66 bits per heavy atom. The molecule has 0 amide bonds. The van der Waals surface area contributed by atoms with Crippen molar-refractivity contribution in [3.05, 3.63) is 78.0 Å². The van der Waals surface area contributed by atoms with E-state index in [2.05, 4.69) is 14.7 Å². The molecule has 4 rings (SSSR count). The van der Waals surface area contributed by atoms with Crippen molar-refractivity contribution in [2.75, 3.05) is 10.5 Å². The van der Waals surface area contributed by atoms with Crippen molar-refractivity contribution < 1.29 is 17.6 Å².